The second-order valence-electron chi connectivity index (χ2n) is 5.63. The normalized spacial score (nSPS) is 17.3. The minimum Gasteiger partial charge on any atom is -0.325 e. The Morgan fingerprint density at radius 1 is 1.39 bits per heavy atom. The van der Waals surface area contributed by atoms with E-state index in [9.17, 15) is 13.2 Å². The molecule has 0 spiro atoms. The van der Waals surface area contributed by atoms with Crippen molar-refractivity contribution >= 4 is 21.4 Å². The highest BCUT2D eigenvalue weighted by Crippen LogP contribution is 2.27. The van der Waals surface area contributed by atoms with Crippen LogP contribution in [0.25, 0.3) is 0 Å². The molecule has 8 heteroatoms. The highest BCUT2D eigenvalue weighted by molar-refractivity contribution is 7.91. The predicted octanol–water partition coefficient (Wildman–Crippen LogP) is 0.638. The minimum atomic E-state index is -3.19. The molecule has 1 aliphatic rings. The fourth-order valence-electron chi connectivity index (χ4n) is 2.68. The molecule has 1 unspecified atom stereocenters. The molecule has 4 N–H and O–H groups in total. The van der Waals surface area contributed by atoms with Crippen molar-refractivity contribution in [1.82, 2.24) is 10.2 Å². The van der Waals surface area contributed by atoms with Gasteiger partial charge in [0.25, 0.3) is 0 Å². The lowest BCUT2D eigenvalue weighted by Gasteiger charge is -2.18. The fourth-order valence-corrected chi connectivity index (χ4v) is 4.26. The van der Waals surface area contributed by atoms with Gasteiger partial charge in [0.1, 0.15) is 0 Å². The molecule has 0 saturated heterocycles. The summed E-state index contributed by atoms with van der Waals surface area (Å²) in [5.74, 6) is -0.140. The Hall–Kier alpha value is -2.19. The van der Waals surface area contributed by atoms with Gasteiger partial charge in [-0.25, -0.2) is 8.42 Å². The van der Waals surface area contributed by atoms with Gasteiger partial charge in [0.15, 0.2) is 9.84 Å². The zero-order valence-electron chi connectivity index (χ0n) is 12.5. The van der Waals surface area contributed by atoms with Crippen LogP contribution in [0.2, 0.25) is 0 Å². The summed E-state index contributed by atoms with van der Waals surface area (Å²) in [7, 11) is -3.19. The van der Waals surface area contributed by atoms with Crippen LogP contribution in [0.15, 0.2) is 35.4 Å². The van der Waals surface area contributed by atoms with Crippen LogP contribution in [0, 0.1) is 0 Å². The maximum Gasteiger partial charge on any atom is 0.241 e. The number of hydrogen-bond donors (Lipinski definition) is 3. The molecule has 0 bridgehead atoms. The molecule has 0 radical (unpaired) electrons. The maximum atomic E-state index is 12.1. The summed E-state index contributed by atoms with van der Waals surface area (Å²) in [5.41, 5.74) is 7.97. The van der Waals surface area contributed by atoms with Gasteiger partial charge in [0.05, 0.1) is 16.7 Å². The Bertz CT molecular complexity index is 815. The number of benzene rings is 1. The van der Waals surface area contributed by atoms with Gasteiger partial charge >= 0.3 is 0 Å². The summed E-state index contributed by atoms with van der Waals surface area (Å²) in [4.78, 5) is 12.5. The Morgan fingerprint density at radius 2 is 2.22 bits per heavy atom. The van der Waals surface area contributed by atoms with E-state index < -0.39 is 15.9 Å². The van der Waals surface area contributed by atoms with Crippen molar-refractivity contribution in [2.45, 2.75) is 30.2 Å². The molecular weight excluding hydrogens is 316 g/mol. The first-order valence-corrected chi connectivity index (χ1v) is 9.01. The van der Waals surface area contributed by atoms with Crippen LogP contribution in [0.1, 0.15) is 17.7 Å². The topological polar surface area (TPSA) is 118 Å². The zero-order valence-corrected chi connectivity index (χ0v) is 13.3. The number of H-pyrrole nitrogens is 1. The Kier molecular flexibility index (Phi) is 4.18. The number of nitrogens with zero attached hydrogens (tertiary/aromatic N) is 1. The molecule has 7 nitrogen and oxygen atoms in total. The first-order valence-electron chi connectivity index (χ1n) is 7.36. The lowest BCUT2D eigenvalue weighted by atomic mass is 10.1. The lowest BCUT2D eigenvalue weighted by Crippen LogP contribution is -2.37. The van der Waals surface area contributed by atoms with Gasteiger partial charge in [0.2, 0.25) is 5.91 Å². The van der Waals surface area contributed by atoms with Crippen LogP contribution in [-0.4, -0.2) is 36.3 Å². The second kappa shape index (κ2) is 6.13. The van der Waals surface area contributed by atoms with E-state index in [1.807, 2.05) is 0 Å². The van der Waals surface area contributed by atoms with E-state index in [4.69, 9.17) is 5.73 Å². The van der Waals surface area contributed by atoms with Crippen LogP contribution >= 0.6 is 0 Å². The van der Waals surface area contributed by atoms with Gasteiger partial charge in [-0.15, -0.1) is 0 Å². The van der Waals surface area contributed by atoms with Crippen LogP contribution < -0.4 is 11.1 Å². The van der Waals surface area contributed by atoms with Crippen molar-refractivity contribution in [2.24, 2.45) is 5.73 Å². The number of sulfone groups is 1. The number of aromatic amines is 1. The van der Waals surface area contributed by atoms with E-state index in [1.165, 1.54) is 0 Å². The van der Waals surface area contributed by atoms with Crippen molar-refractivity contribution < 1.29 is 13.2 Å². The van der Waals surface area contributed by atoms with E-state index >= 15 is 0 Å². The number of nitrogens with one attached hydrogen (secondary N) is 2. The summed E-state index contributed by atoms with van der Waals surface area (Å²) in [5, 5.41) is 9.31. The summed E-state index contributed by atoms with van der Waals surface area (Å²) in [6.07, 6.45) is 3.25. The van der Waals surface area contributed by atoms with E-state index in [0.29, 0.717) is 29.8 Å². The van der Waals surface area contributed by atoms with Crippen molar-refractivity contribution in [1.29, 1.82) is 0 Å². The molecule has 1 atom stereocenters. The van der Waals surface area contributed by atoms with Gasteiger partial charge in [-0.3, -0.25) is 9.89 Å². The molecule has 2 heterocycles. The van der Waals surface area contributed by atoms with Crippen LogP contribution in [0.5, 0.6) is 0 Å². The molecular formula is C15H18N4O3S. The monoisotopic (exact) mass is 334 g/mol. The molecule has 122 valence electrons. The van der Waals surface area contributed by atoms with Crippen molar-refractivity contribution in [3.8, 4) is 0 Å². The molecule has 1 aromatic heterocycles. The van der Waals surface area contributed by atoms with Gasteiger partial charge in [-0.05, 0) is 42.7 Å². The Morgan fingerprint density at radius 3 is 2.96 bits per heavy atom. The number of anilines is 1. The average Bonchev–Trinajstić information content (AvgIpc) is 2.99. The maximum absolute atomic E-state index is 12.1. The molecule has 0 saturated carbocycles. The number of hydrogen-bond acceptors (Lipinski definition) is 5. The van der Waals surface area contributed by atoms with E-state index in [0.717, 1.165) is 11.3 Å². The third-order valence-electron chi connectivity index (χ3n) is 3.86. The zero-order chi connectivity index (χ0) is 16.4. The van der Waals surface area contributed by atoms with Crippen LogP contribution in [-0.2, 0) is 27.5 Å². The standard InChI is InChI=1S/C15H18N4O3S/c16-13(9-12-5-6-17-19-12)15(20)18-11-3-4-14-10(8-11)2-1-7-23(14,21)22/h3-6,8,13H,1-2,7,9,16H2,(H,17,19)(H,18,20). The molecule has 23 heavy (non-hydrogen) atoms. The summed E-state index contributed by atoms with van der Waals surface area (Å²) >= 11 is 0. The lowest BCUT2D eigenvalue weighted by molar-refractivity contribution is -0.117. The largest absolute Gasteiger partial charge is 0.325 e. The van der Waals surface area contributed by atoms with E-state index in [-0.39, 0.29) is 11.7 Å². The minimum absolute atomic E-state index is 0.181. The second-order valence-corrected chi connectivity index (χ2v) is 7.70. The van der Waals surface area contributed by atoms with Crippen LogP contribution in [0.4, 0.5) is 5.69 Å². The molecule has 1 amide bonds. The highest BCUT2D eigenvalue weighted by Gasteiger charge is 2.24. The number of amides is 1. The number of fused-ring (bicyclic) bond motifs is 1. The number of aromatic nitrogens is 2. The number of rotatable bonds is 4. The molecule has 0 aliphatic carbocycles. The smallest absolute Gasteiger partial charge is 0.241 e. The van der Waals surface area contributed by atoms with Crippen molar-refractivity contribution in [3.63, 3.8) is 0 Å². The molecule has 2 aromatic rings. The van der Waals surface area contributed by atoms with Crippen LogP contribution in [0.3, 0.4) is 0 Å². The fraction of sp³-hybridized carbons (Fsp3) is 0.333. The number of carbonyl (C=O) groups is 1. The molecule has 1 aromatic carbocycles. The summed E-state index contributed by atoms with van der Waals surface area (Å²) in [6, 6.07) is 5.92. The number of aryl methyl sites for hydroxylation is 1. The summed E-state index contributed by atoms with van der Waals surface area (Å²) in [6.45, 7) is 0. The van der Waals surface area contributed by atoms with Gasteiger partial charge in [-0.1, -0.05) is 0 Å². The Balaban J connectivity index is 1.72. The quantitative estimate of drug-likeness (QED) is 0.758. The van der Waals surface area contributed by atoms with E-state index in [1.54, 1.807) is 30.5 Å². The van der Waals surface area contributed by atoms with E-state index in [2.05, 4.69) is 15.5 Å². The third-order valence-corrected chi connectivity index (χ3v) is 5.75. The first kappa shape index (κ1) is 15.7. The SMILES string of the molecule is NC(Cc1ccn[nH]1)C(=O)Nc1ccc2c(c1)CCCS2(=O)=O. The highest BCUT2D eigenvalue weighted by atomic mass is 32.2. The first-order chi connectivity index (χ1) is 11.0. The summed E-state index contributed by atoms with van der Waals surface area (Å²) < 4.78 is 24.0. The van der Waals surface area contributed by atoms with Gasteiger partial charge < -0.3 is 11.1 Å². The predicted molar refractivity (Wildman–Crippen MR) is 85.7 cm³/mol. The van der Waals surface area contributed by atoms with Crippen molar-refractivity contribution in [2.75, 3.05) is 11.1 Å². The molecule has 0 fully saturated rings. The molecule has 1 aliphatic heterocycles. The van der Waals surface area contributed by atoms with Crippen molar-refractivity contribution in [3.05, 3.63) is 41.7 Å². The number of nitrogens with two attached hydrogens (primary N) is 1. The Labute approximate surface area is 134 Å². The third kappa shape index (κ3) is 3.43. The van der Waals surface area contributed by atoms with Gasteiger partial charge in [-0.2, -0.15) is 5.10 Å². The average molecular weight is 334 g/mol. The van der Waals surface area contributed by atoms with Gasteiger partial charge in [0, 0.05) is 24.0 Å². The number of carbonyl (C=O) groups excluding carboxylic acids is 1. The molecule has 3 rings (SSSR count).